The molecule has 0 aliphatic heterocycles. The van der Waals surface area contributed by atoms with Gasteiger partial charge >= 0.3 is 0 Å². The minimum absolute atomic E-state index is 0.461. The second kappa shape index (κ2) is 9.08. The summed E-state index contributed by atoms with van der Waals surface area (Å²) in [4.78, 5) is 0. The molecule has 0 bridgehead atoms. The average Bonchev–Trinajstić information content (AvgIpc) is 3.33. The van der Waals surface area contributed by atoms with Crippen LogP contribution in [0.25, 0.3) is 33.9 Å². The molecular weight excluding hydrogens is 396 g/mol. The van der Waals surface area contributed by atoms with E-state index in [2.05, 4.69) is 124 Å². The van der Waals surface area contributed by atoms with Crippen LogP contribution < -0.4 is 0 Å². The van der Waals surface area contributed by atoms with Gasteiger partial charge in [0, 0.05) is 0 Å². The van der Waals surface area contributed by atoms with Gasteiger partial charge in [0.15, 0.2) is 0 Å². The summed E-state index contributed by atoms with van der Waals surface area (Å²) in [5.41, 5.74) is 13.0. The Hall–Kier alpha value is -3.64. The first kappa shape index (κ1) is 21.2. The number of hydrogen-bond donors (Lipinski definition) is 0. The Labute approximate surface area is 198 Å². The molecule has 0 saturated carbocycles. The van der Waals surface area contributed by atoms with E-state index in [1.165, 1.54) is 55.6 Å². The molecule has 162 valence electrons. The third kappa shape index (κ3) is 4.47. The van der Waals surface area contributed by atoms with Gasteiger partial charge in [-0.05, 0) is 80.5 Å². The van der Waals surface area contributed by atoms with E-state index >= 15 is 0 Å². The van der Waals surface area contributed by atoms with Crippen molar-refractivity contribution in [3.05, 3.63) is 131 Å². The summed E-state index contributed by atoms with van der Waals surface area (Å²) in [5, 5.41) is 0. The van der Waals surface area contributed by atoms with Gasteiger partial charge in [-0.15, -0.1) is 0 Å². The number of rotatable bonds is 6. The van der Waals surface area contributed by atoms with Crippen LogP contribution in [-0.4, -0.2) is 0 Å². The van der Waals surface area contributed by atoms with Gasteiger partial charge in [-0.25, -0.2) is 0 Å². The van der Waals surface area contributed by atoms with E-state index in [9.17, 15) is 0 Å². The predicted octanol–water partition coefficient (Wildman–Crippen LogP) is 8.85. The number of fused-ring (bicyclic) bond motifs is 1. The molecule has 0 aromatic heterocycles. The highest BCUT2D eigenvalue weighted by molar-refractivity contribution is 5.82. The largest absolute Gasteiger partial charge is 0.0950 e. The maximum Gasteiger partial charge on any atom is -0.00253 e. The van der Waals surface area contributed by atoms with Gasteiger partial charge in [-0.1, -0.05) is 118 Å². The van der Waals surface area contributed by atoms with Crippen molar-refractivity contribution in [2.24, 2.45) is 5.92 Å². The second-order valence-corrected chi connectivity index (χ2v) is 9.32. The van der Waals surface area contributed by atoms with Gasteiger partial charge in [0.1, 0.15) is 0 Å². The predicted molar refractivity (Wildman–Crippen MR) is 143 cm³/mol. The molecule has 0 amide bonds. The fraction of sp³-hybridized carbons (Fsp3) is 0.152. The zero-order valence-electron chi connectivity index (χ0n) is 19.5. The quantitative estimate of drug-likeness (QED) is 0.289. The van der Waals surface area contributed by atoms with Crippen LogP contribution in [0.4, 0.5) is 0 Å². The lowest BCUT2D eigenvalue weighted by atomic mass is 9.90. The van der Waals surface area contributed by atoms with Crippen LogP contribution in [0.2, 0.25) is 0 Å². The van der Waals surface area contributed by atoms with Gasteiger partial charge in [0.05, 0.1) is 0 Å². The van der Waals surface area contributed by atoms with Gasteiger partial charge < -0.3 is 0 Å². The SMILES string of the molecule is C=C(c1ccc(Cc2cc(-c3ccccc3)cc(-c3cccc4c3C=CC4)c2)cc1)C(C)C. The first-order valence-electron chi connectivity index (χ1n) is 11.8. The van der Waals surface area contributed by atoms with Crippen LogP contribution in [0.1, 0.15) is 41.7 Å². The van der Waals surface area contributed by atoms with Gasteiger partial charge in [0.2, 0.25) is 0 Å². The summed E-state index contributed by atoms with van der Waals surface area (Å²) in [6.45, 7) is 8.65. The van der Waals surface area contributed by atoms with Crippen LogP contribution in [0.5, 0.6) is 0 Å². The highest BCUT2D eigenvalue weighted by atomic mass is 14.2. The smallest absolute Gasteiger partial charge is 0.00253 e. The summed E-state index contributed by atoms with van der Waals surface area (Å²) in [5.74, 6) is 0.461. The fourth-order valence-electron chi connectivity index (χ4n) is 4.70. The first-order chi connectivity index (χ1) is 16.1. The lowest BCUT2D eigenvalue weighted by molar-refractivity contribution is 0.857. The van der Waals surface area contributed by atoms with Crippen molar-refractivity contribution in [1.82, 2.24) is 0 Å². The molecule has 4 aromatic rings. The molecule has 0 radical (unpaired) electrons. The maximum absolute atomic E-state index is 4.25. The Balaban J connectivity index is 1.55. The van der Waals surface area contributed by atoms with Crippen LogP contribution in [0.15, 0.2) is 104 Å². The first-order valence-corrected chi connectivity index (χ1v) is 11.8. The molecule has 1 aliphatic rings. The van der Waals surface area contributed by atoms with E-state index in [0.29, 0.717) is 5.92 Å². The third-order valence-electron chi connectivity index (χ3n) is 6.66. The standard InChI is InChI=1S/C33H30/c1-23(2)24(3)27-17-15-25(16-18-27)19-26-20-30(28-9-5-4-6-10-28)22-31(21-26)33-14-8-12-29-11-7-13-32(29)33/h4-10,12-18,20-23H,3,11,19H2,1-2H3. The molecule has 0 fully saturated rings. The summed E-state index contributed by atoms with van der Waals surface area (Å²) in [7, 11) is 0. The Bertz CT molecular complexity index is 1320. The minimum atomic E-state index is 0.461. The molecule has 0 heteroatoms. The number of hydrogen-bond acceptors (Lipinski definition) is 0. The Kier molecular flexibility index (Phi) is 5.84. The topological polar surface area (TPSA) is 0 Å². The van der Waals surface area contributed by atoms with Crippen molar-refractivity contribution in [2.75, 3.05) is 0 Å². The lowest BCUT2D eigenvalue weighted by Gasteiger charge is -2.14. The van der Waals surface area contributed by atoms with Crippen LogP contribution in [0, 0.1) is 5.92 Å². The van der Waals surface area contributed by atoms with Gasteiger partial charge in [-0.2, -0.15) is 0 Å². The molecule has 0 spiro atoms. The van der Waals surface area contributed by atoms with Crippen LogP contribution in [-0.2, 0) is 12.8 Å². The zero-order chi connectivity index (χ0) is 22.8. The van der Waals surface area contributed by atoms with Crippen molar-refractivity contribution in [3.8, 4) is 22.3 Å². The van der Waals surface area contributed by atoms with Crippen LogP contribution >= 0.6 is 0 Å². The van der Waals surface area contributed by atoms with Crippen molar-refractivity contribution in [3.63, 3.8) is 0 Å². The van der Waals surface area contributed by atoms with Crippen LogP contribution in [0.3, 0.4) is 0 Å². The molecular formula is C33H30. The molecule has 0 atom stereocenters. The van der Waals surface area contributed by atoms with Crippen molar-refractivity contribution >= 4 is 11.6 Å². The van der Waals surface area contributed by atoms with E-state index in [1.54, 1.807) is 0 Å². The highest BCUT2D eigenvalue weighted by Gasteiger charge is 2.13. The Morgan fingerprint density at radius 3 is 2.27 bits per heavy atom. The highest BCUT2D eigenvalue weighted by Crippen LogP contribution is 2.35. The van der Waals surface area contributed by atoms with Gasteiger partial charge in [0.25, 0.3) is 0 Å². The number of benzene rings is 4. The monoisotopic (exact) mass is 426 g/mol. The summed E-state index contributed by atoms with van der Waals surface area (Å²) >= 11 is 0. The summed E-state index contributed by atoms with van der Waals surface area (Å²) in [6, 6.07) is 33.4. The zero-order valence-corrected chi connectivity index (χ0v) is 19.5. The molecule has 0 nitrogen and oxygen atoms in total. The Morgan fingerprint density at radius 1 is 0.758 bits per heavy atom. The van der Waals surface area contributed by atoms with Crippen molar-refractivity contribution in [1.29, 1.82) is 0 Å². The molecule has 33 heavy (non-hydrogen) atoms. The molecule has 5 rings (SSSR count). The molecule has 1 aliphatic carbocycles. The summed E-state index contributed by atoms with van der Waals surface area (Å²) in [6.07, 6.45) is 6.48. The fourth-order valence-corrected chi connectivity index (χ4v) is 4.70. The molecule has 0 N–H and O–H groups in total. The van der Waals surface area contributed by atoms with E-state index in [4.69, 9.17) is 0 Å². The normalized spacial score (nSPS) is 12.2. The van der Waals surface area contributed by atoms with E-state index in [1.807, 2.05) is 0 Å². The third-order valence-corrected chi connectivity index (χ3v) is 6.66. The average molecular weight is 427 g/mol. The molecule has 0 heterocycles. The molecule has 4 aromatic carbocycles. The lowest BCUT2D eigenvalue weighted by Crippen LogP contribution is -1.95. The van der Waals surface area contributed by atoms with Crippen molar-refractivity contribution in [2.45, 2.75) is 26.7 Å². The van der Waals surface area contributed by atoms with Gasteiger partial charge in [-0.3, -0.25) is 0 Å². The summed E-state index contributed by atoms with van der Waals surface area (Å²) < 4.78 is 0. The van der Waals surface area contributed by atoms with E-state index in [-0.39, 0.29) is 0 Å². The number of allylic oxidation sites excluding steroid dienone is 2. The second-order valence-electron chi connectivity index (χ2n) is 9.32. The van der Waals surface area contributed by atoms with E-state index < -0.39 is 0 Å². The van der Waals surface area contributed by atoms with E-state index in [0.717, 1.165) is 12.8 Å². The molecule has 0 saturated heterocycles. The molecule has 0 unspecified atom stereocenters. The minimum Gasteiger partial charge on any atom is -0.0950 e. The Morgan fingerprint density at radius 2 is 1.52 bits per heavy atom. The van der Waals surface area contributed by atoms with Crippen molar-refractivity contribution < 1.29 is 0 Å². The maximum atomic E-state index is 4.25.